The number of ether oxygens (including phenoxy) is 3. The summed E-state index contributed by atoms with van der Waals surface area (Å²) in [6.07, 6.45) is 15.0. The third-order valence-electron chi connectivity index (χ3n) is 2.50. The molecule has 120 valence electrons. The van der Waals surface area contributed by atoms with Gasteiger partial charge in [-0.05, 0) is 18.2 Å². The zero-order valence-electron chi connectivity index (χ0n) is 12.5. The Bertz CT molecular complexity index is 653. The van der Waals surface area contributed by atoms with Crippen LogP contribution in [0.15, 0.2) is 18.2 Å². The zero-order valence-corrected chi connectivity index (χ0v) is 12.5. The number of terminal acetylenes is 3. The molecule has 0 aliphatic rings. The molecule has 6 heteroatoms. The smallest absolute Gasteiger partial charge is 0.339 e. The number of carbonyl (C=O) groups excluding carboxylic acids is 3. The Hall–Kier alpha value is -3.69. The second-order valence-corrected chi connectivity index (χ2v) is 4.14. The summed E-state index contributed by atoms with van der Waals surface area (Å²) in [5.74, 6) is 3.94. The number of carbonyl (C=O) groups is 3. The van der Waals surface area contributed by atoms with Gasteiger partial charge >= 0.3 is 17.9 Å². The zero-order chi connectivity index (χ0) is 17.9. The van der Waals surface area contributed by atoms with Crippen LogP contribution in [0.3, 0.4) is 0 Å². The van der Waals surface area contributed by atoms with Crippen molar-refractivity contribution in [3.8, 4) is 37.0 Å². The van der Waals surface area contributed by atoms with E-state index in [0.717, 1.165) is 0 Å². The SMILES string of the molecule is C#CCOC(=O)c1cc(C(=O)OCC#C)cc(C(=O)OCC#C)c1. The van der Waals surface area contributed by atoms with Crippen LogP contribution in [0.1, 0.15) is 31.1 Å². The van der Waals surface area contributed by atoms with Gasteiger partial charge in [0.1, 0.15) is 0 Å². The lowest BCUT2D eigenvalue weighted by molar-refractivity contribution is 0.0554. The van der Waals surface area contributed by atoms with Crippen LogP contribution in [0.4, 0.5) is 0 Å². The highest BCUT2D eigenvalue weighted by Gasteiger charge is 2.18. The van der Waals surface area contributed by atoms with Gasteiger partial charge in [0.05, 0.1) is 16.7 Å². The Morgan fingerprint density at radius 2 is 0.917 bits per heavy atom. The molecule has 1 rings (SSSR count). The van der Waals surface area contributed by atoms with Gasteiger partial charge in [0.25, 0.3) is 0 Å². The summed E-state index contributed by atoms with van der Waals surface area (Å²) in [5, 5.41) is 0. The molecular formula is C18H12O6. The van der Waals surface area contributed by atoms with Gasteiger partial charge in [0, 0.05) is 0 Å². The van der Waals surface area contributed by atoms with Crippen LogP contribution >= 0.6 is 0 Å². The van der Waals surface area contributed by atoms with Gasteiger partial charge < -0.3 is 14.2 Å². The number of hydrogen-bond donors (Lipinski definition) is 0. The minimum atomic E-state index is -0.814. The molecule has 0 heterocycles. The fourth-order valence-electron chi connectivity index (χ4n) is 1.55. The van der Waals surface area contributed by atoms with E-state index < -0.39 is 17.9 Å². The van der Waals surface area contributed by atoms with E-state index in [-0.39, 0.29) is 36.5 Å². The summed E-state index contributed by atoms with van der Waals surface area (Å²) >= 11 is 0. The van der Waals surface area contributed by atoms with Crippen molar-refractivity contribution in [3.63, 3.8) is 0 Å². The Morgan fingerprint density at radius 3 is 1.12 bits per heavy atom. The normalized spacial score (nSPS) is 8.88. The van der Waals surface area contributed by atoms with Gasteiger partial charge in [0.15, 0.2) is 19.8 Å². The lowest BCUT2D eigenvalue weighted by Gasteiger charge is -2.08. The van der Waals surface area contributed by atoms with E-state index in [9.17, 15) is 14.4 Å². The van der Waals surface area contributed by atoms with Crippen molar-refractivity contribution in [2.75, 3.05) is 19.8 Å². The molecule has 0 aliphatic heterocycles. The van der Waals surface area contributed by atoms with Crippen molar-refractivity contribution >= 4 is 17.9 Å². The summed E-state index contributed by atoms with van der Waals surface area (Å²) in [6.45, 7) is -0.787. The minimum Gasteiger partial charge on any atom is -0.449 e. The topological polar surface area (TPSA) is 78.9 Å². The second-order valence-electron chi connectivity index (χ2n) is 4.14. The van der Waals surface area contributed by atoms with E-state index in [1.807, 2.05) is 0 Å². The van der Waals surface area contributed by atoms with E-state index in [1.165, 1.54) is 18.2 Å². The van der Waals surface area contributed by atoms with E-state index in [4.69, 9.17) is 33.5 Å². The maximum absolute atomic E-state index is 11.9. The highest BCUT2D eigenvalue weighted by molar-refractivity contribution is 6.00. The minimum absolute atomic E-state index is 0.0759. The molecule has 0 aliphatic carbocycles. The summed E-state index contributed by atoms with van der Waals surface area (Å²) in [7, 11) is 0. The van der Waals surface area contributed by atoms with Gasteiger partial charge in [0.2, 0.25) is 0 Å². The van der Waals surface area contributed by atoms with Crippen molar-refractivity contribution in [2.24, 2.45) is 0 Å². The maximum Gasteiger partial charge on any atom is 0.339 e. The van der Waals surface area contributed by atoms with Crippen LogP contribution in [-0.2, 0) is 14.2 Å². The number of benzene rings is 1. The van der Waals surface area contributed by atoms with Gasteiger partial charge in [-0.25, -0.2) is 14.4 Å². The Morgan fingerprint density at radius 1 is 0.667 bits per heavy atom. The van der Waals surface area contributed by atoms with Crippen molar-refractivity contribution in [3.05, 3.63) is 34.9 Å². The molecule has 0 fully saturated rings. The molecule has 0 spiro atoms. The van der Waals surface area contributed by atoms with Gasteiger partial charge in [-0.1, -0.05) is 17.8 Å². The van der Waals surface area contributed by atoms with Crippen LogP contribution in [0.2, 0.25) is 0 Å². The Labute approximate surface area is 139 Å². The summed E-state index contributed by atoms with van der Waals surface area (Å²) in [4.78, 5) is 35.7. The molecule has 0 unspecified atom stereocenters. The molecule has 0 radical (unpaired) electrons. The number of hydrogen-bond acceptors (Lipinski definition) is 6. The molecule has 6 nitrogen and oxygen atoms in total. The Balaban J connectivity index is 3.19. The Kier molecular flexibility index (Phi) is 7.15. The summed E-state index contributed by atoms with van der Waals surface area (Å²) in [6, 6.07) is 3.57. The van der Waals surface area contributed by atoms with Crippen molar-refractivity contribution in [1.29, 1.82) is 0 Å². The van der Waals surface area contributed by atoms with Gasteiger partial charge in [-0.3, -0.25) is 0 Å². The van der Waals surface area contributed by atoms with Crippen molar-refractivity contribution in [1.82, 2.24) is 0 Å². The average molecular weight is 324 g/mol. The molecule has 1 aromatic rings. The van der Waals surface area contributed by atoms with E-state index in [0.29, 0.717) is 0 Å². The molecule has 0 bridgehead atoms. The highest BCUT2D eigenvalue weighted by atomic mass is 16.5. The number of esters is 3. The molecule has 0 atom stereocenters. The molecule has 0 saturated heterocycles. The van der Waals surface area contributed by atoms with Crippen LogP contribution in [0.5, 0.6) is 0 Å². The highest BCUT2D eigenvalue weighted by Crippen LogP contribution is 2.14. The van der Waals surface area contributed by atoms with Crippen LogP contribution < -0.4 is 0 Å². The maximum atomic E-state index is 11.9. The standard InChI is InChI=1S/C18H12O6/c1-4-7-22-16(19)13-10-14(17(20)23-8-5-2)12-15(11-13)18(21)24-9-6-3/h1-3,10-12H,7-9H2. The predicted octanol–water partition coefficient (Wildman–Crippen LogP) is 1.06. The second kappa shape index (κ2) is 9.35. The molecule has 0 N–H and O–H groups in total. The largest absolute Gasteiger partial charge is 0.449 e. The third kappa shape index (κ3) is 5.26. The molecule has 0 aromatic heterocycles. The lowest BCUT2D eigenvalue weighted by Crippen LogP contribution is -2.13. The number of rotatable bonds is 6. The summed E-state index contributed by atoms with van der Waals surface area (Å²) in [5.41, 5.74) is -0.228. The molecule has 0 amide bonds. The third-order valence-corrected chi connectivity index (χ3v) is 2.50. The molecule has 1 aromatic carbocycles. The first-order chi connectivity index (χ1) is 11.5. The van der Waals surface area contributed by atoms with Crippen LogP contribution in [0, 0.1) is 37.0 Å². The average Bonchev–Trinajstić information content (AvgIpc) is 2.61. The monoisotopic (exact) mass is 324 g/mol. The predicted molar refractivity (Wildman–Crippen MR) is 83.8 cm³/mol. The van der Waals surface area contributed by atoms with Gasteiger partial charge in [-0.15, -0.1) is 19.3 Å². The molecule has 24 heavy (non-hydrogen) atoms. The van der Waals surface area contributed by atoms with E-state index in [2.05, 4.69) is 17.8 Å². The van der Waals surface area contributed by atoms with Crippen molar-refractivity contribution in [2.45, 2.75) is 0 Å². The molecule has 0 saturated carbocycles. The fraction of sp³-hybridized carbons (Fsp3) is 0.167. The van der Waals surface area contributed by atoms with Gasteiger partial charge in [-0.2, -0.15) is 0 Å². The summed E-state index contributed by atoms with van der Waals surface area (Å²) < 4.78 is 14.3. The fourth-order valence-corrected chi connectivity index (χ4v) is 1.55. The first-order valence-corrected chi connectivity index (χ1v) is 6.50. The first kappa shape index (κ1) is 18.4. The molecular weight excluding hydrogens is 312 g/mol. The lowest BCUT2D eigenvalue weighted by atomic mass is 10.1. The first-order valence-electron chi connectivity index (χ1n) is 6.50. The quantitative estimate of drug-likeness (QED) is 0.442. The van der Waals surface area contributed by atoms with Crippen molar-refractivity contribution < 1.29 is 28.6 Å². The van der Waals surface area contributed by atoms with E-state index in [1.54, 1.807) is 0 Å². The van der Waals surface area contributed by atoms with E-state index >= 15 is 0 Å². The van der Waals surface area contributed by atoms with Crippen LogP contribution in [-0.4, -0.2) is 37.7 Å². The van der Waals surface area contributed by atoms with Crippen LogP contribution in [0.25, 0.3) is 0 Å².